The summed E-state index contributed by atoms with van der Waals surface area (Å²) in [6, 6.07) is 22.5. The number of nitrogens with zero attached hydrogens (tertiary/aromatic N) is 4. The van der Waals surface area contributed by atoms with Crippen LogP contribution >= 0.6 is 11.3 Å². The van der Waals surface area contributed by atoms with Crippen LogP contribution in [-0.4, -0.2) is 19.6 Å². The second-order valence-corrected chi connectivity index (χ2v) is 7.30. The Bertz CT molecular complexity index is 1220. The highest BCUT2D eigenvalue weighted by molar-refractivity contribution is 7.18. The second kappa shape index (κ2) is 6.45. The van der Waals surface area contributed by atoms with Crippen LogP contribution < -0.4 is 0 Å². The van der Waals surface area contributed by atoms with E-state index in [-0.39, 0.29) is 0 Å². The molecule has 0 saturated carbocycles. The molecule has 27 heavy (non-hydrogen) atoms. The van der Waals surface area contributed by atoms with Crippen molar-refractivity contribution in [2.45, 2.75) is 6.92 Å². The summed E-state index contributed by atoms with van der Waals surface area (Å²) in [5, 5.41) is 5.46. The van der Waals surface area contributed by atoms with E-state index in [1.807, 2.05) is 66.3 Å². The minimum atomic E-state index is 0.854. The van der Waals surface area contributed by atoms with Crippen LogP contribution in [0.3, 0.4) is 0 Å². The van der Waals surface area contributed by atoms with Crippen LogP contribution in [-0.2, 0) is 0 Å². The fraction of sp³-hybridized carbons (Fsp3) is 0.0455. The van der Waals surface area contributed by atoms with Crippen molar-refractivity contribution in [3.8, 4) is 32.3 Å². The van der Waals surface area contributed by atoms with Crippen LogP contribution in [0.15, 0.2) is 79.1 Å². The SMILES string of the molecule is Cc1nc(-c2ccccc2)sc1-c1ccn2ncc(-c3ccccc3)c2n1. The van der Waals surface area contributed by atoms with Crippen molar-refractivity contribution < 1.29 is 0 Å². The number of benzene rings is 2. The first-order valence-corrected chi connectivity index (χ1v) is 9.54. The van der Waals surface area contributed by atoms with Gasteiger partial charge in [0.05, 0.1) is 22.5 Å². The summed E-state index contributed by atoms with van der Waals surface area (Å²) < 4.78 is 1.82. The molecule has 0 aliphatic heterocycles. The Balaban J connectivity index is 1.63. The third kappa shape index (κ3) is 2.82. The lowest BCUT2D eigenvalue weighted by molar-refractivity contribution is 0.941. The van der Waals surface area contributed by atoms with Crippen molar-refractivity contribution in [1.29, 1.82) is 0 Å². The lowest BCUT2D eigenvalue weighted by atomic mass is 10.1. The Morgan fingerprint density at radius 1 is 0.815 bits per heavy atom. The fourth-order valence-electron chi connectivity index (χ4n) is 3.15. The Morgan fingerprint density at radius 2 is 1.52 bits per heavy atom. The van der Waals surface area contributed by atoms with Gasteiger partial charge >= 0.3 is 0 Å². The number of thiazole rings is 1. The van der Waals surface area contributed by atoms with Crippen molar-refractivity contribution in [1.82, 2.24) is 19.6 Å². The first-order valence-electron chi connectivity index (χ1n) is 8.72. The number of hydrogen-bond donors (Lipinski definition) is 0. The summed E-state index contributed by atoms with van der Waals surface area (Å²) >= 11 is 1.68. The fourth-order valence-corrected chi connectivity index (χ4v) is 4.20. The highest BCUT2D eigenvalue weighted by atomic mass is 32.1. The summed E-state index contributed by atoms with van der Waals surface area (Å²) in [6.45, 7) is 2.04. The lowest BCUT2D eigenvalue weighted by Gasteiger charge is -2.02. The molecule has 0 bridgehead atoms. The van der Waals surface area contributed by atoms with E-state index in [4.69, 9.17) is 9.97 Å². The molecular formula is C22H16N4S. The van der Waals surface area contributed by atoms with Crippen LogP contribution in [0, 0.1) is 6.92 Å². The standard InChI is InChI=1S/C22H16N4S/c1-15-20(27-22(24-15)17-10-6-3-7-11-17)19-12-13-26-21(25-19)18(14-23-26)16-8-4-2-5-9-16/h2-14H,1H3. The zero-order valence-electron chi connectivity index (χ0n) is 14.7. The maximum atomic E-state index is 4.92. The van der Waals surface area contributed by atoms with Crippen molar-refractivity contribution in [3.05, 3.63) is 84.8 Å². The molecule has 3 aromatic heterocycles. The van der Waals surface area contributed by atoms with Gasteiger partial charge in [0, 0.05) is 17.3 Å². The quantitative estimate of drug-likeness (QED) is 0.423. The van der Waals surface area contributed by atoms with Crippen molar-refractivity contribution in [2.75, 3.05) is 0 Å². The molecule has 0 spiro atoms. The minimum Gasteiger partial charge on any atom is -0.241 e. The summed E-state index contributed by atoms with van der Waals surface area (Å²) in [4.78, 5) is 10.8. The number of fused-ring (bicyclic) bond motifs is 1. The minimum absolute atomic E-state index is 0.854. The first-order chi connectivity index (χ1) is 13.3. The van der Waals surface area contributed by atoms with Gasteiger partial charge in [-0.05, 0) is 18.6 Å². The number of aromatic nitrogens is 4. The molecule has 0 radical (unpaired) electrons. The van der Waals surface area contributed by atoms with E-state index in [1.165, 1.54) is 0 Å². The second-order valence-electron chi connectivity index (χ2n) is 6.30. The highest BCUT2D eigenvalue weighted by Gasteiger charge is 2.15. The third-order valence-electron chi connectivity index (χ3n) is 4.50. The molecule has 0 N–H and O–H groups in total. The molecular weight excluding hydrogens is 352 g/mol. The zero-order chi connectivity index (χ0) is 18.2. The normalized spacial score (nSPS) is 11.1. The van der Waals surface area contributed by atoms with Gasteiger partial charge < -0.3 is 0 Å². The summed E-state index contributed by atoms with van der Waals surface area (Å²) in [7, 11) is 0. The van der Waals surface area contributed by atoms with Crippen LogP contribution in [0.4, 0.5) is 0 Å². The molecule has 2 aromatic carbocycles. The summed E-state index contributed by atoms with van der Waals surface area (Å²) in [6.07, 6.45) is 3.84. The molecule has 4 nitrogen and oxygen atoms in total. The van der Waals surface area contributed by atoms with E-state index in [0.717, 1.165) is 43.6 Å². The molecule has 0 amide bonds. The predicted octanol–water partition coefficient (Wildman–Crippen LogP) is 5.50. The molecule has 0 unspecified atom stereocenters. The van der Waals surface area contributed by atoms with Gasteiger partial charge in [-0.1, -0.05) is 60.7 Å². The van der Waals surface area contributed by atoms with E-state index in [2.05, 4.69) is 29.4 Å². The largest absolute Gasteiger partial charge is 0.241 e. The molecule has 0 atom stereocenters. The van der Waals surface area contributed by atoms with Crippen LogP contribution in [0.5, 0.6) is 0 Å². The van der Waals surface area contributed by atoms with Gasteiger partial charge in [0.1, 0.15) is 5.01 Å². The number of hydrogen-bond acceptors (Lipinski definition) is 4. The van der Waals surface area contributed by atoms with E-state index in [0.29, 0.717) is 0 Å². The van der Waals surface area contributed by atoms with Gasteiger partial charge in [-0.15, -0.1) is 11.3 Å². The van der Waals surface area contributed by atoms with Crippen LogP contribution in [0.2, 0.25) is 0 Å². The molecule has 3 heterocycles. The topological polar surface area (TPSA) is 43.1 Å². The van der Waals surface area contributed by atoms with Gasteiger partial charge in [-0.3, -0.25) is 0 Å². The van der Waals surface area contributed by atoms with Gasteiger partial charge in [0.15, 0.2) is 5.65 Å². The Kier molecular flexibility index (Phi) is 3.80. The van der Waals surface area contributed by atoms with E-state index >= 15 is 0 Å². The average Bonchev–Trinajstić information content (AvgIpc) is 3.32. The van der Waals surface area contributed by atoms with Crippen LogP contribution in [0.1, 0.15) is 5.69 Å². The smallest absolute Gasteiger partial charge is 0.163 e. The van der Waals surface area contributed by atoms with Gasteiger partial charge in [-0.2, -0.15) is 5.10 Å². The molecule has 5 rings (SSSR count). The van der Waals surface area contributed by atoms with Crippen molar-refractivity contribution in [3.63, 3.8) is 0 Å². The number of rotatable bonds is 3. The molecule has 0 aliphatic carbocycles. The van der Waals surface area contributed by atoms with Crippen molar-refractivity contribution in [2.24, 2.45) is 0 Å². The van der Waals surface area contributed by atoms with Crippen molar-refractivity contribution >= 4 is 17.0 Å². The molecule has 0 fully saturated rings. The first kappa shape index (κ1) is 15.9. The van der Waals surface area contributed by atoms with E-state index in [1.54, 1.807) is 11.3 Å². The Morgan fingerprint density at radius 3 is 2.26 bits per heavy atom. The Hall–Kier alpha value is -3.31. The average molecular weight is 368 g/mol. The summed E-state index contributed by atoms with van der Waals surface area (Å²) in [5.41, 5.74) is 6.06. The predicted molar refractivity (Wildman–Crippen MR) is 110 cm³/mol. The molecule has 5 heteroatoms. The van der Waals surface area contributed by atoms with Crippen LogP contribution in [0.25, 0.3) is 37.9 Å². The molecule has 0 aliphatic rings. The lowest BCUT2D eigenvalue weighted by Crippen LogP contribution is -1.92. The maximum absolute atomic E-state index is 4.92. The highest BCUT2D eigenvalue weighted by Crippen LogP contribution is 2.35. The maximum Gasteiger partial charge on any atom is 0.163 e. The van der Waals surface area contributed by atoms with E-state index in [9.17, 15) is 0 Å². The number of aryl methyl sites for hydroxylation is 1. The van der Waals surface area contributed by atoms with Gasteiger partial charge in [0.25, 0.3) is 0 Å². The van der Waals surface area contributed by atoms with Gasteiger partial charge in [-0.25, -0.2) is 14.5 Å². The molecule has 130 valence electrons. The molecule has 5 aromatic rings. The van der Waals surface area contributed by atoms with E-state index < -0.39 is 0 Å². The zero-order valence-corrected chi connectivity index (χ0v) is 15.5. The third-order valence-corrected chi connectivity index (χ3v) is 5.73. The molecule has 0 saturated heterocycles. The summed E-state index contributed by atoms with van der Waals surface area (Å²) in [5.74, 6) is 0. The Labute approximate surface area is 160 Å². The van der Waals surface area contributed by atoms with Gasteiger partial charge in [0.2, 0.25) is 0 Å². The monoisotopic (exact) mass is 368 g/mol.